The number of oxazole rings is 1. The van der Waals surface area contributed by atoms with E-state index in [-0.39, 0.29) is 23.6 Å². The smallest absolute Gasteiger partial charge is 0.408 e. The van der Waals surface area contributed by atoms with Crippen molar-refractivity contribution < 1.29 is 12.8 Å². The Balaban J connectivity index is 1.75. The lowest BCUT2D eigenvalue weighted by molar-refractivity contribution is 0.407. The van der Waals surface area contributed by atoms with E-state index >= 15 is 0 Å². The van der Waals surface area contributed by atoms with E-state index in [1.807, 2.05) is 35.0 Å². The molecule has 140 valence electrons. The Morgan fingerprint density at radius 2 is 1.67 bits per heavy atom. The van der Waals surface area contributed by atoms with Gasteiger partial charge < -0.3 is 4.42 Å². The number of benzene rings is 1. The molecule has 0 aliphatic carbocycles. The number of thiophene rings is 2. The Labute approximate surface area is 164 Å². The minimum atomic E-state index is -3.77. The lowest BCUT2D eigenvalue weighted by atomic mass is 10.3. The fourth-order valence-electron chi connectivity index (χ4n) is 2.80. The van der Waals surface area contributed by atoms with E-state index in [4.69, 9.17) is 4.42 Å². The van der Waals surface area contributed by atoms with Crippen molar-refractivity contribution in [1.29, 1.82) is 0 Å². The largest absolute Gasteiger partial charge is 0.419 e. The molecule has 3 heterocycles. The van der Waals surface area contributed by atoms with Crippen LogP contribution in [0.1, 0.15) is 9.75 Å². The molecule has 0 aliphatic heterocycles. The normalized spacial score (nSPS) is 12.2. The predicted octanol–water partition coefficient (Wildman–Crippen LogP) is 3.65. The second-order valence-corrected chi connectivity index (χ2v) is 9.99. The lowest BCUT2D eigenvalue weighted by Crippen LogP contribution is -2.29. The van der Waals surface area contributed by atoms with E-state index in [0.717, 1.165) is 9.75 Å². The summed E-state index contributed by atoms with van der Waals surface area (Å²) >= 11 is 3.03. The molecule has 0 N–H and O–H groups in total. The lowest BCUT2D eigenvalue weighted by Gasteiger charge is -2.21. The second kappa shape index (κ2) is 7.08. The van der Waals surface area contributed by atoms with Crippen molar-refractivity contribution >= 4 is 43.8 Å². The van der Waals surface area contributed by atoms with E-state index in [2.05, 4.69) is 0 Å². The number of fused-ring (bicyclic) bond motifs is 1. The number of aryl methyl sites for hydroxylation is 1. The average molecular weight is 421 g/mol. The predicted molar refractivity (Wildman–Crippen MR) is 107 cm³/mol. The molecule has 4 rings (SSSR count). The summed E-state index contributed by atoms with van der Waals surface area (Å²) in [6, 6.07) is 12.2. The van der Waals surface area contributed by atoms with Gasteiger partial charge in [-0.05, 0) is 35.0 Å². The maximum atomic E-state index is 13.3. The molecule has 0 fully saturated rings. The average Bonchev–Trinajstić information content (AvgIpc) is 3.38. The summed E-state index contributed by atoms with van der Waals surface area (Å²) in [5.74, 6) is -0.520. The maximum absolute atomic E-state index is 13.3. The second-order valence-electron chi connectivity index (χ2n) is 5.99. The molecule has 0 aliphatic rings. The third-order valence-electron chi connectivity index (χ3n) is 4.23. The third-order valence-corrected chi connectivity index (χ3v) is 7.74. The van der Waals surface area contributed by atoms with Crippen LogP contribution in [0.4, 0.5) is 0 Å². The van der Waals surface area contributed by atoms with Crippen LogP contribution in [0.3, 0.4) is 0 Å². The van der Waals surface area contributed by atoms with Crippen LogP contribution in [0.2, 0.25) is 0 Å². The molecule has 0 radical (unpaired) electrons. The molecule has 0 saturated carbocycles. The van der Waals surface area contributed by atoms with Gasteiger partial charge in [0.05, 0.1) is 10.4 Å². The summed E-state index contributed by atoms with van der Waals surface area (Å²) in [6.07, 6.45) is 0. The highest BCUT2D eigenvalue weighted by molar-refractivity contribution is 7.89. The topological polar surface area (TPSA) is 72.5 Å². The maximum Gasteiger partial charge on any atom is 0.419 e. The van der Waals surface area contributed by atoms with E-state index < -0.39 is 15.8 Å². The Morgan fingerprint density at radius 3 is 2.22 bits per heavy atom. The molecular weight excluding hydrogens is 404 g/mol. The summed E-state index contributed by atoms with van der Waals surface area (Å²) in [4.78, 5) is 13.7. The Hall–Kier alpha value is -2.20. The molecule has 0 spiro atoms. The van der Waals surface area contributed by atoms with E-state index in [1.54, 1.807) is 13.1 Å². The Bertz CT molecular complexity index is 1180. The van der Waals surface area contributed by atoms with Crippen LogP contribution >= 0.6 is 22.7 Å². The molecule has 0 bridgehead atoms. The van der Waals surface area contributed by atoms with Crippen molar-refractivity contribution in [3.63, 3.8) is 0 Å². The monoisotopic (exact) mass is 420 g/mol. The quantitative estimate of drug-likeness (QED) is 0.477. The van der Waals surface area contributed by atoms with Gasteiger partial charge in [0.1, 0.15) is 0 Å². The number of sulfonamides is 1. The number of hydrogen-bond acceptors (Lipinski definition) is 6. The van der Waals surface area contributed by atoms with Gasteiger partial charge in [0.2, 0.25) is 10.0 Å². The van der Waals surface area contributed by atoms with Crippen LogP contribution in [0.15, 0.2) is 67.3 Å². The number of hydrogen-bond donors (Lipinski definition) is 0. The van der Waals surface area contributed by atoms with Crippen molar-refractivity contribution in [2.45, 2.75) is 18.0 Å². The zero-order valence-corrected chi connectivity index (χ0v) is 16.8. The van der Waals surface area contributed by atoms with Crippen LogP contribution < -0.4 is 5.76 Å². The molecule has 0 saturated heterocycles. The molecule has 3 aromatic heterocycles. The first-order chi connectivity index (χ1) is 12.9. The van der Waals surface area contributed by atoms with Crippen LogP contribution in [-0.2, 0) is 30.2 Å². The molecule has 0 amide bonds. The zero-order chi connectivity index (χ0) is 19.0. The summed E-state index contributed by atoms with van der Waals surface area (Å²) in [7, 11) is -2.19. The van der Waals surface area contributed by atoms with Crippen LogP contribution in [0.25, 0.3) is 11.1 Å². The summed E-state index contributed by atoms with van der Waals surface area (Å²) in [6.45, 7) is 0.573. The van der Waals surface area contributed by atoms with Crippen molar-refractivity contribution in [1.82, 2.24) is 8.87 Å². The van der Waals surface area contributed by atoms with Gasteiger partial charge in [0.15, 0.2) is 5.58 Å². The molecule has 27 heavy (non-hydrogen) atoms. The van der Waals surface area contributed by atoms with Gasteiger partial charge in [0, 0.05) is 36.0 Å². The molecule has 0 unspecified atom stereocenters. The van der Waals surface area contributed by atoms with Gasteiger partial charge in [0.25, 0.3) is 0 Å². The highest BCUT2D eigenvalue weighted by Crippen LogP contribution is 2.26. The van der Waals surface area contributed by atoms with Crippen molar-refractivity contribution in [2.75, 3.05) is 0 Å². The SMILES string of the molecule is Cn1c(=O)oc2cc(S(=O)(=O)N(Cc3cccs3)Cc3cccs3)ccc21. The molecular formula is C18H16N2O4S3. The van der Waals surface area contributed by atoms with Gasteiger partial charge >= 0.3 is 5.76 Å². The third kappa shape index (κ3) is 3.51. The van der Waals surface area contributed by atoms with Crippen LogP contribution in [0, 0.1) is 0 Å². The Morgan fingerprint density at radius 1 is 1.04 bits per heavy atom. The van der Waals surface area contributed by atoms with Gasteiger partial charge in [-0.1, -0.05) is 12.1 Å². The first-order valence-electron chi connectivity index (χ1n) is 8.09. The van der Waals surface area contributed by atoms with Crippen molar-refractivity contribution in [3.8, 4) is 0 Å². The molecule has 1 aromatic carbocycles. The first kappa shape index (κ1) is 18.2. The number of nitrogens with zero attached hydrogens (tertiary/aromatic N) is 2. The van der Waals surface area contributed by atoms with Crippen LogP contribution in [-0.4, -0.2) is 17.3 Å². The van der Waals surface area contributed by atoms with Gasteiger partial charge in [-0.3, -0.25) is 4.57 Å². The minimum absolute atomic E-state index is 0.109. The molecule has 9 heteroatoms. The van der Waals surface area contributed by atoms with Crippen molar-refractivity contribution in [3.05, 3.63) is 73.5 Å². The minimum Gasteiger partial charge on any atom is -0.408 e. The van der Waals surface area contributed by atoms with E-state index in [0.29, 0.717) is 5.52 Å². The molecule has 6 nitrogen and oxygen atoms in total. The summed E-state index contributed by atoms with van der Waals surface area (Å²) in [5.41, 5.74) is 0.817. The van der Waals surface area contributed by atoms with Gasteiger partial charge in [-0.25, -0.2) is 13.2 Å². The standard InChI is InChI=1S/C18H16N2O4S3/c1-19-16-7-6-15(10-17(16)24-18(19)21)27(22,23)20(11-13-4-2-8-25-13)12-14-5-3-9-26-14/h2-10H,11-12H2,1H3. The summed E-state index contributed by atoms with van der Waals surface area (Å²) in [5, 5.41) is 3.85. The fourth-order valence-corrected chi connectivity index (χ4v) is 5.82. The molecule has 4 aromatic rings. The van der Waals surface area contributed by atoms with Gasteiger partial charge in [-0.2, -0.15) is 4.31 Å². The number of rotatable bonds is 6. The highest BCUT2D eigenvalue weighted by Gasteiger charge is 2.26. The first-order valence-corrected chi connectivity index (χ1v) is 11.3. The highest BCUT2D eigenvalue weighted by atomic mass is 32.2. The van der Waals surface area contributed by atoms with E-state index in [9.17, 15) is 13.2 Å². The zero-order valence-electron chi connectivity index (χ0n) is 14.4. The van der Waals surface area contributed by atoms with Gasteiger partial charge in [-0.15, -0.1) is 22.7 Å². The van der Waals surface area contributed by atoms with Crippen LogP contribution in [0.5, 0.6) is 0 Å². The van der Waals surface area contributed by atoms with Crippen molar-refractivity contribution in [2.24, 2.45) is 7.05 Å². The molecule has 0 atom stereocenters. The Kier molecular flexibility index (Phi) is 4.77. The summed E-state index contributed by atoms with van der Waals surface area (Å²) < 4.78 is 34.6. The number of aromatic nitrogens is 1. The van der Waals surface area contributed by atoms with E-state index in [1.165, 1.54) is 43.7 Å². The fraction of sp³-hybridized carbons (Fsp3) is 0.167.